The van der Waals surface area contributed by atoms with Crippen molar-refractivity contribution in [2.45, 2.75) is 0 Å². The van der Waals surface area contributed by atoms with E-state index in [-0.39, 0.29) is 10.7 Å². The number of fused-ring (bicyclic) bond motifs is 1. The van der Waals surface area contributed by atoms with Crippen molar-refractivity contribution in [3.05, 3.63) is 35.0 Å². The van der Waals surface area contributed by atoms with E-state index in [2.05, 4.69) is 4.98 Å². The van der Waals surface area contributed by atoms with Crippen LogP contribution < -0.4 is 5.73 Å². The Morgan fingerprint density at radius 2 is 1.93 bits per heavy atom. The molecule has 0 saturated heterocycles. The minimum atomic E-state index is -1.01. The molecular formula is C10H7ClN2O2. The number of carbonyl (C=O) groups excluding carboxylic acids is 2. The van der Waals surface area contributed by atoms with Crippen molar-refractivity contribution in [3.8, 4) is 0 Å². The topological polar surface area (TPSA) is 76.0 Å². The number of Topliss-reactive ketones (excluding diaryl/α,β-unsaturated/α-hetero) is 1. The van der Waals surface area contributed by atoms with Crippen molar-refractivity contribution < 1.29 is 9.59 Å². The van der Waals surface area contributed by atoms with Gasteiger partial charge in [-0.3, -0.25) is 9.59 Å². The lowest BCUT2D eigenvalue weighted by molar-refractivity contribution is -0.114. The maximum atomic E-state index is 11.5. The van der Waals surface area contributed by atoms with Crippen LogP contribution in [0.3, 0.4) is 0 Å². The fourth-order valence-corrected chi connectivity index (χ4v) is 1.74. The van der Waals surface area contributed by atoms with Gasteiger partial charge in [0.15, 0.2) is 0 Å². The number of benzene rings is 1. The van der Waals surface area contributed by atoms with Gasteiger partial charge in [-0.15, -0.1) is 0 Å². The number of para-hydroxylation sites is 1. The molecule has 5 heteroatoms. The highest BCUT2D eigenvalue weighted by Gasteiger charge is 2.20. The molecular weight excluding hydrogens is 216 g/mol. The Kier molecular flexibility index (Phi) is 2.21. The summed E-state index contributed by atoms with van der Waals surface area (Å²) < 4.78 is 0. The van der Waals surface area contributed by atoms with E-state index in [1.54, 1.807) is 24.3 Å². The van der Waals surface area contributed by atoms with E-state index in [9.17, 15) is 9.59 Å². The van der Waals surface area contributed by atoms with Crippen LogP contribution in [-0.2, 0) is 4.79 Å². The first-order chi connectivity index (χ1) is 7.11. The van der Waals surface area contributed by atoms with Crippen molar-refractivity contribution in [2.24, 2.45) is 5.73 Å². The molecule has 0 unspecified atom stereocenters. The Labute approximate surface area is 90.0 Å². The summed E-state index contributed by atoms with van der Waals surface area (Å²) >= 11 is 5.82. The molecule has 1 aromatic carbocycles. The summed E-state index contributed by atoms with van der Waals surface area (Å²) in [5.41, 5.74) is 5.77. The molecule has 0 saturated carbocycles. The van der Waals surface area contributed by atoms with Gasteiger partial charge in [-0.1, -0.05) is 29.8 Å². The maximum Gasteiger partial charge on any atom is 0.289 e. The van der Waals surface area contributed by atoms with Crippen molar-refractivity contribution in [1.82, 2.24) is 4.98 Å². The smallest absolute Gasteiger partial charge is 0.289 e. The number of rotatable bonds is 2. The molecule has 0 aliphatic carbocycles. The quantitative estimate of drug-likeness (QED) is 0.597. The Morgan fingerprint density at radius 1 is 1.27 bits per heavy atom. The number of aromatic nitrogens is 1. The Hall–Kier alpha value is -1.81. The maximum absolute atomic E-state index is 11.5. The van der Waals surface area contributed by atoms with Crippen molar-refractivity contribution in [1.29, 1.82) is 0 Å². The van der Waals surface area contributed by atoms with Crippen LogP contribution in [0.4, 0.5) is 0 Å². The first kappa shape index (κ1) is 9.73. The van der Waals surface area contributed by atoms with E-state index in [1.165, 1.54) is 0 Å². The normalized spacial score (nSPS) is 10.5. The van der Waals surface area contributed by atoms with Crippen LogP contribution in [0, 0.1) is 0 Å². The molecule has 3 N–H and O–H groups in total. The lowest BCUT2D eigenvalue weighted by atomic mass is 10.1. The number of ketones is 1. The molecule has 0 bridgehead atoms. The van der Waals surface area contributed by atoms with Gasteiger partial charge < -0.3 is 10.7 Å². The highest BCUT2D eigenvalue weighted by molar-refractivity contribution is 6.48. The highest BCUT2D eigenvalue weighted by Crippen LogP contribution is 2.26. The fraction of sp³-hybridized carbons (Fsp3) is 0. The molecule has 0 fully saturated rings. The van der Waals surface area contributed by atoms with E-state index in [4.69, 9.17) is 17.3 Å². The standard InChI is InChI=1S/C10H7ClN2O2/c11-9-7(8(14)10(12)15)5-3-1-2-4-6(5)13-9/h1-4,13H,(H2,12,15). The molecule has 1 aromatic heterocycles. The fourth-order valence-electron chi connectivity index (χ4n) is 1.45. The second-order valence-corrected chi connectivity index (χ2v) is 3.43. The van der Waals surface area contributed by atoms with Gasteiger partial charge in [0.1, 0.15) is 5.15 Å². The lowest BCUT2D eigenvalue weighted by Gasteiger charge is -1.94. The zero-order chi connectivity index (χ0) is 11.0. The SMILES string of the molecule is NC(=O)C(=O)c1c(Cl)[nH]c2ccccc12. The predicted octanol–water partition coefficient (Wildman–Crippen LogP) is 1.49. The monoisotopic (exact) mass is 222 g/mol. The van der Waals surface area contributed by atoms with Gasteiger partial charge in [-0.05, 0) is 6.07 Å². The number of nitrogens with one attached hydrogen (secondary N) is 1. The third-order valence-corrected chi connectivity index (χ3v) is 2.39. The second kappa shape index (κ2) is 3.40. The van der Waals surface area contributed by atoms with E-state index < -0.39 is 11.7 Å². The molecule has 0 aliphatic heterocycles. The number of H-pyrrole nitrogens is 1. The molecule has 76 valence electrons. The first-order valence-corrected chi connectivity index (χ1v) is 4.59. The van der Waals surface area contributed by atoms with Crippen LogP contribution in [0.1, 0.15) is 10.4 Å². The molecule has 0 radical (unpaired) electrons. The largest absolute Gasteiger partial charge is 0.363 e. The van der Waals surface area contributed by atoms with E-state index in [0.29, 0.717) is 10.9 Å². The summed E-state index contributed by atoms with van der Waals surface area (Å²) in [6.45, 7) is 0. The average Bonchev–Trinajstić information content (AvgIpc) is 2.52. The number of carbonyl (C=O) groups is 2. The minimum Gasteiger partial charge on any atom is -0.363 e. The van der Waals surface area contributed by atoms with Gasteiger partial charge >= 0.3 is 0 Å². The molecule has 15 heavy (non-hydrogen) atoms. The van der Waals surface area contributed by atoms with Crippen LogP contribution in [0.5, 0.6) is 0 Å². The lowest BCUT2D eigenvalue weighted by Crippen LogP contribution is -2.23. The summed E-state index contributed by atoms with van der Waals surface area (Å²) in [7, 11) is 0. The van der Waals surface area contributed by atoms with Gasteiger partial charge in [0.25, 0.3) is 11.7 Å². The van der Waals surface area contributed by atoms with Gasteiger partial charge in [-0.2, -0.15) is 0 Å². The van der Waals surface area contributed by atoms with Gasteiger partial charge in [0.2, 0.25) is 0 Å². The summed E-state index contributed by atoms with van der Waals surface area (Å²) in [5.74, 6) is -1.79. The molecule has 0 atom stereocenters. The van der Waals surface area contributed by atoms with Crippen LogP contribution >= 0.6 is 11.6 Å². The molecule has 1 amide bonds. The molecule has 4 nitrogen and oxygen atoms in total. The molecule has 0 aliphatic rings. The van der Waals surface area contributed by atoms with Crippen molar-refractivity contribution in [3.63, 3.8) is 0 Å². The number of nitrogens with two attached hydrogens (primary N) is 1. The summed E-state index contributed by atoms with van der Waals surface area (Å²) in [6.07, 6.45) is 0. The molecule has 0 spiro atoms. The van der Waals surface area contributed by atoms with Crippen LogP contribution in [0.2, 0.25) is 5.15 Å². The van der Waals surface area contributed by atoms with E-state index >= 15 is 0 Å². The number of primary amides is 1. The van der Waals surface area contributed by atoms with Gasteiger partial charge in [0.05, 0.1) is 5.56 Å². The third-order valence-electron chi connectivity index (χ3n) is 2.11. The van der Waals surface area contributed by atoms with Crippen molar-refractivity contribution >= 4 is 34.2 Å². The molecule has 2 aromatic rings. The van der Waals surface area contributed by atoms with Crippen LogP contribution in [0.25, 0.3) is 10.9 Å². The predicted molar refractivity (Wildman–Crippen MR) is 56.8 cm³/mol. The zero-order valence-electron chi connectivity index (χ0n) is 7.58. The Morgan fingerprint density at radius 3 is 2.60 bits per heavy atom. The first-order valence-electron chi connectivity index (χ1n) is 4.21. The summed E-state index contributed by atoms with van der Waals surface area (Å²) in [5, 5.41) is 0.742. The zero-order valence-corrected chi connectivity index (χ0v) is 8.34. The number of hydrogen-bond donors (Lipinski definition) is 2. The number of amides is 1. The Balaban J connectivity index is 2.74. The van der Waals surface area contributed by atoms with Gasteiger partial charge in [0, 0.05) is 10.9 Å². The highest BCUT2D eigenvalue weighted by atomic mass is 35.5. The van der Waals surface area contributed by atoms with Gasteiger partial charge in [-0.25, -0.2) is 0 Å². The average molecular weight is 223 g/mol. The van der Waals surface area contributed by atoms with E-state index in [0.717, 1.165) is 0 Å². The van der Waals surface area contributed by atoms with E-state index in [1.807, 2.05) is 0 Å². The van der Waals surface area contributed by atoms with Crippen molar-refractivity contribution in [2.75, 3.05) is 0 Å². The summed E-state index contributed by atoms with van der Waals surface area (Å²) in [6, 6.07) is 7.02. The molecule has 2 rings (SSSR count). The third kappa shape index (κ3) is 1.49. The minimum absolute atomic E-state index is 0.139. The summed E-state index contributed by atoms with van der Waals surface area (Å²) in [4.78, 5) is 25.1. The molecule has 1 heterocycles. The number of aromatic amines is 1. The Bertz CT molecular complexity index is 560. The van der Waals surface area contributed by atoms with Crippen LogP contribution in [0.15, 0.2) is 24.3 Å². The number of hydrogen-bond acceptors (Lipinski definition) is 2. The van der Waals surface area contributed by atoms with Crippen LogP contribution in [-0.4, -0.2) is 16.7 Å². The second-order valence-electron chi connectivity index (χ2n) is 3.05. The number of halogens is 1.